The fraction of sp³-hybridized carbons (Fsp3) is 0.120. The van der Waals surface area contributed by atoms with Crippen molar-refractivity contribution >= 4 is 69.5 Å². The first kappa shape index (κ1) is 28.3. The number of nitrogens with zero attached hydrogens (tertiary/aromatic N) is 5. The number of aryl methyl sites for hydroxylation is 1. The highest BCUT2D eigenvalue weighted by molar-refractivity contribution is 14.1. The first-order chi connectivity index (χ1) is 18.7. The van der Waals surface area contributed by atoms with E-state index in [2.05, 4.69) is 54.7 Å². The number of halogens is 2. The van der Waals surface area contributed by atoms with Crippen molar-refractivity contribution in [3.63, 3.8) is 0 Å². The van der Waals surface area contributed by atoms with Crippen molar-refractivity contribution in [1.29, 1.82) is 0 Å². The SMILES string of the molecule is Cc1cc(I)ccc1NCc1nnc(SCC(=O)NN=Cc2cc(Cl)cc([N+](=O)[O-])c2O)n1-c1ccccc1. The van der Waals surface area contributed by atoms with E-state index >= 15 is 0 Å². The number of benzene rings is 3. The molecule has 1 amide bonds. The number of rotatable bonds is 10. The molecule has 0 aliphatic heterocycles. The minimum Gasteiger partial charge on any atom is -0.502 e. The Bertz CT molecular complexity index is 1550. The normalized spacial score (nSPS) is 11.1. The second kappa shape index (κ2) is 12.9. The van der Waals surface area contributed by atoms with E-state index in [0.29, 0.717) is 17.5 Å². The lowest BCUT2D eigenvalue weighted by atomic mass is 10.2. The van der Waals surface area contributed by atoms with Gasteiger partial charge in [0.25, 0.3) is 5.91 Å². The number of hydrogen-bond acceptors (Lipinski definition) is 9. The molecule has 0 unspecified atom stereocenters. The van der Waals surface area contributed by atoms with Crippen LogP contribution in [0.15, 0.2) is 70.9 Å². The van der Waals surface area contributed by atoms with Crippen molar-refractivity contribution in [3.8, 4) is 11.4 Å². The van der Waals surface area contributed by atoms with Gasteiger partial charge in [-0.15, -0.1) is 10.2 Å². The Morgan fingerprint density at radius 1 is 1.23 bits per heavy atom. The molecule has 1 heterocycles. The molecule has 39 heavy (non-hydrogen) atoms. The summed E-state index contributed by atoms with van der Waals surface area (Å²) in [6.07, 6.45) is 1.08. The van der Waals surface area contributed by atoms with E-state index in [-0.39, 0.29) is 16.3 Å². The monoisotopic (exact) mass is 677 g/mol. The minimum atomic E-state index is -0.762. The lowest BCUT2D eigenvalue weighted by molar-refractivity contribution is -0.385. The second-order valence-corrected chi connectivity index (χ2v) is 10.7. The summed E-state index contributed by atoms with van der Waals surface area (Å²) in [5, 5.41) is 37.5. The number of nitro benzene ring substituents is 1. The first-order valence-corrected chi connectivity index (χ1v) is 13.8. The number of amides is 1. The number of nitrogens with one attached hydrogen (secondary N) is 2. The standard InChI is InChI=1S/C25H21ClIN7O4S/c1-15-9-18(27)7-8-20(15)28-13-22-30-32-25(33(22)19-5-3-2-4-6-19)39-14-23(35)31-29-12-16-10-17(26)11-21(24(16)36)34(37)38/h2-12,28,36H,13-14H2,1H3,(H,31,35). The Kier molecular flexibility index (Phi) is 9.37. The lowest BCUT2D eigenvalue weighted by Crippen LogP contribution is -2.20. The van der Waals surface area contributed by atoms with E-state index in [1.165, 1.54) is 17.8 Å². The number of phenolic OH excluding ortho intramolecular Hbond substituents is 1. The molecule has 11 nitrogen and oxygen atoms in total. The zero-order valence-electron chi connectivity index (χ0n) is 20.3. The van der Waals surface area contributed by atoms with Crippen molar-refractivity contribution in [1.82, 2.24) is 20.2 Å². The van der Waals surface area contributed by atoms with Gasteiger partial charge in [-0.2, -0.15) is 5.10 Å². The van der Waals surface area contributed by atoms with Crippen LogP contribution in [0.4, 0.5) is 11.4 Å². The third-order valence-corrected chi connectivity index (χ3v) is 7.16. The molecule has 14 heteroatoms. The molecule has 0 radical (unpaired) electrons. The van der Waals surface area contributed by atoms with E-state index in [1.54, 1.807) is 0 Å². The van der Waals surface area contributed by atoms with E-state index < -0.39 is 22.3 Å². The second-order valence-electron chi connectivity index (χ2n) is 8.08. The van der Waals surface area contributed by atoms with Crippen molar-refractivity contribution in [3.05, 3.63) is 96.3 Å². The predicted octanol–water partition coefficient (Wildman–Crippen LogP) is 5.30. The third kappa shape index (κ3) is 7.25. The topological polar surface area (TPSA) is 148 Å². The summed E-state index contributed by atoms with van der Waals surface area (Å²) in [4.78, 5) is 22.7. The van der Waals surface area contributed by atoms with Crippen LogP contribution in [0.5, 0.6) is 5.75 Å². The van der Waals surface area contributed by atoms with Crippen molar-refractivity contribution in [2.24, 2.45) is 5.10 Å². The number of nitro groups is 1. The summed E-state index contributed by atoms with van der Waals surface area (Å²) in [5.74, 6) is -0.426. The van der Waals surface area contributed by atoms with Crippen LogP contribution >= 0.6 is 46.0 Å². The van der Waals surface area contributed by atoms with Crippen LogP contribution in [0, 0.1) is 20.6 Å². The number of aromatic nitrogens is 3. The van der Waals surface area contributed by atoms with E-state index in [0.717, 1.165) is 32.8 Å². The molecule has 0 atom stereocenters. The summed E-state index contributed by atoms with van der Waals surface area (Å²) in [6.45, 7) is 2.44. The van der Waals surface area contributed by atoms with Crippen LogP contribution < -0.4 is 10.7 Å². The Hall–Kier alpha value is -3.69. The fourth-order valence-electron chi connectivity index (χ4n) is 3.52. The molecular formula is C25H21ClIN7O4S. The number of carbonyl (C=O) groups is 1. The van der Waals surface area contributed by atoms with Gasteiger partial charge in [-0.05, 0) is 71.5 Å². The molecular weight excluding hydrogens is 657 g/mol. The van der Waals surface area contributed by atoms with Gasteiger partial charge in [0.15, 0.2) is 11.0 Å². The van der Waals surface area contributed by atoms with Crippen molar-refractivity contribution < 1.29 is 14.8 Å². The van der Waals surface area contributed by atoms with Gasteiger partial charge < -0.3 is 10.4 Å². The fourth-order valence-corrected chi connectivity index (χ4v) is 5.15. The summed E-state index contributed by atoms with van der Waals surface area (Å²) < 4.78 is 3.02. The molecule has 0 spiro atoms. The Balaban J connectivity index is 1.45. The quantitative estimate of drug-likeness (QED) is 0.0674. The maximum Gasteiger partial charge on any atom is 0.312 e. The van der Waals surface area contributed by atoms with Gasteiger partial charge in [0.2, 0.25) is 5.75 Å². The number of hydrazone groups is 1. The number of phenols is 1. The van der Waals surface area contributed by atoms with Crippen molar-refractivity contribution in [2.75, 3.05) is 11.1 Å². The Morgan fingerprint density at radius 2 is 2.00 bits per heavy atom. The smallest absolute Gasteiger partial charge is 0.312 e. The number of carbonyl (C=O) groups excluding carboxylic acids is 1. The third-order valence-electron chi connectivity index (χ3n) is 5.35. The molecule has 4 aromatic rings. The Morgan fingerprint density at radius 3 is 2.72 bits per heavy atom. The number of anilines is 1. The summed E-state index contributed by atoms with van der Waals surface area (Å²) in [5.41, 5.74) is 4.71. The molecule has 3 aromatic carbocycles. The number of thioether (sulfide) groups is 1. The lowest BCUT2D eigenvalue weighted by Gasteiger charge is -2.12. The van der Waals surface area contributed by atoms with Gasteiger partial charge in [0.1, 0.15) is 0 Å². The predicted molar refractivity (Wildman–Crippen MR) is 159 cm³/mol. The molecule has 1 aromatic heterocycles. The maximum atomic E-state index is 12.5. The average Bonchev–Trinajstić information content (AvgIpc) is 3.31. The van der Waals surface area contributed by atoms with Gasteiger partial charge in [-0.3, -0.25) is 19.5 Å². The summed E-state index contributed by atoms with van der Waals surface area (Å²) >= 11 is 9.32. The molecule has 3 N–H and O–H groups in total. The highest BCUT2D eigenvalue weighted by Gasteiger charge is 2.18. The van der Waals surface area contributed by atoms with Crippen LogP contribution in [-0.4, -0.2) is 42.7 Å². The van der Waals surface area contributed by atoms with E-state index in [1.807, 2.05) is 54.0 Å². The highest BCUT2D eigenvalue weighted by atomic mass is 127. The molecule has 0 saturated heterocycles. The first-order valence-electron chi connectivity index (χ1n) is 11.3. The van der Waals surface area contributed by atoms with E-state index in [4.69, 9.17) is 11.6 Å². The molecule has 0 saturated carbocycles. The van der Waals surface area contributed by atoms with Crippen LogP contribution in [0.1, 0.15) is 17.0 Å². The van der Waals surface area contributed by atoms with Crippen LogP contribution in [-0.2, 0) is 11.3 Å². The average molecular weight is 678 g/mol. The van der Waals surface area contributed by atoms with Crippen LogP contribution in [0.3, 0.4) is 0 Å². The molecule has 0 fully saturated rings. The van der Waals surface area contributed by atoms with Gasteiger partial charge in [0.05, 0.1) is 23.4 Å². The molecule has 0 bridgehead atoms. The molecule has 4 rings (SSSR count). The summed E-state index contributed by atoms with van der Waals surface area (Å²) in [6, 6.07) is 18.0. The molecule has 200 valence electrons. The summed E-state index contributed by atoms with van der Waals surface area (Å²) in [7, 11) is 0. The maximum absolute atomic E-state index is 12.5. The van der Waals surface area contributed by atoms with E-state index in [9.17, 15) is 20.0 Å². The molecule has 0 aliphatic carbocycles. The van der Waals surface area contributed by atoms with Crippen LogP contribution in [0.25, 0.3) is 5.69 Å². The molecule has 0 aliphatic rings. The zero-order chi connectivity index (χ0) is 27.9. The number of aromatic hydroxyl groups is 1. The van der Waals surface area contributed by atoms with Gasteiger partial charge in [-0.1, -0.05) is 41.6 Å². The van der Waals surface area contributed by atoms with Crippen molar-refractivity contribution in [2.45, 2.75) is 18.6 Å². The van der Waals surface area contributed by atoms with Gasteiger partial charge in [0, 0.05) is 31.6 Å². The largest absolute Gasteiger partial charge is 0.502 e. The Labute approximate surface area is 246 Å². The van der Waals surface area contributed by atoms with Crippen LogP contribution in [0.2, 0.25) is 5.02 Å². The number of para-hydroxylation sites is 1. The minimum absolute atomic E-state index is 0.00789. The van der Waals surface area contributed by atoms with Gasteiger partial charge in [-0.25, -0.2) is 5.43 Å². The zero-order valence-corrected chi connectivity index (χ0v) is 24.1. The highest BCUT2D eigenvalue weighted by Crippen LogP contribution is 2.32. The van der Waals surface area contributed by atoms with Gasteiger partial charge >= 0.3 is 5.69 Å². The number of hydrogen-bond donors (Lipinski definition) is 3.